The fourth-order valence-corrected chi connectivity index (χ4v) is 3.35. The van der Waals surface area contributed by atoms with E-state index in [1.54, 1.807) is 0 Å². The molecule has 0 aliphatic carbocycles. The van der Waals surface area contributed by atoms with Gasteiger partial charge in [-0.3, -0.25) is 19.8 Å². The van der Waals surface area contributed by atoms with E-state index < -0.39 is 4.92 Å². The van der Waals surface area contributed by atoms with Crippen molar-refractivity contribution in [1.29, 1.82) is 0 Å². The normalized spacial score (nSPS) is 14.9. The van der Waals surface area contributed by atoms with Gasteiger partial charge in [-0.05, 0) is 30.5 Å². The number of nitro groups is 1. The van der Waals surface area contributed by atoms with E-state index in [-0.39, 0.29) is 23.2 Å². The van der Waals surface area contributed by atoms with Gasteiger partial charge in [0.25, 0.3) is 11.6 Å². The molecule has 0 fully saturated rings. The molecule has 0 spiro atoms. The van der Waals surface area contributed by atoms with Gasteiger partial charge < -0.3 is 10.1 Å². The highest BCUT2D eigenvalue weighted by molar-refractivity contribution is 5.97. The molecule has 1 atom stereocenters. The van der Waals surface area contributed by atoms with Crippen LogP contribution in [0.25, 0.3) is 0 Å². The average Bonchev–Trinajstić information content (AvgIpc) is 2.70. The first kappa shape index (κ1) is 18.8. The Morgan fingerprint density at radius 1 is 1.30 bits per heavy atom. The van der Waals surface area contributed by atoms with Crippen LogP contribution in [0.2, 0.25) is 0 Å². The minimum absolute atomic E-state index is 0.137. The summed E-state index contributed by atoms with van der Waals surface area (Å²) in [6.07, 6.45) is 0.993. The van der Waals surface area contributed by atoms with E-state index in [0.717, 1.165) is 19.5 Å². The smallest absolute Gasteiger partial charge is 0.270 e. The van der Waals surface area contributed by atoms with Gasteiger partial charge in [-0.1, -0.05) is 24.3 Å². The molecule has 7 heteroatoms. The number of hydrogen-bond donors (Lipinski definition) is 1. The molecule has 0 radical (unpaired) electrons. The molecule has 7 nitrogen and oxygen atoms in total. The second kappa shape index (κ2) is 8.18. The van der Waals surface area contributed by atoms with E-state index in [4.69, 9.17) is 4.74 Å². The third-order valence-electron chi connectivity index (χ3n) is 4.98. The first-order valence-electron chi connectivity index (χ1n) is 8.91. The van der Waals surface area contributed by atoms with E-state index in [1.807, 2.05) is 6.07 Å². The van der Waals surface area contributed by atoms with Crippen molar-refractivity contribution in [2.24, 2.45) is 0 Å². The minimum Gasteiger partial charge on any atom is -0.496 e. The lowest BCUT2D eigenvalue weighted by Crippen LogP contribution is -2.44. The second-order valence-electron chi connectivity index (χ2n) is 6.69. The number of amides is 1. The molecule has 142 valence electrons. The third kappa shape index (κ3) is 4.25. The van der Waals surface area contributed by atoms with Crippen molar-refractivity contribution in [2.75, 3.05) is 20.2 Å². The fraction of sp³-hybridized carbons (Fsp3) is 0.350. The van der Waals surface area contributed by atoms with Crippen molar-refractivity contribution < 1.29 is 14.5 Å². The van der Waals surface area contributed by atoms with Crippen molar-refractivity contribution in [2.45, 2.75) is 25.9 Å². The maximum absolute atomic E-state index is 12.6. The maximum Gasteiger partial charge on any atom is 0.270 e. The molecule has 1 aliphatic heterocycles. The summed E-state index contributed by atoms with van der Waals surface area (Å²) in [6, 6.07) is 12.6. The Morgan fingerprint density at radius 2 is 2.04 bits per heavy atom. The van der Waals surface area contributed by atoms with Crippen LogP contribution >= 0.6 is 0 Å². The molecule has 3 rings (SSSR count). The first-order valence-corrected chi connectivity index (χ1v) is 8.91. The summed E-state index contributed by atoms with van der Waals surface area (Å²) in [5, 5.41) is 13.9. The van der Waals surface area contributed by atoms with Crippen molar-refractivity contribution in [3.63, 3.8) is 0 Å². The second-order valence-corrected chi connectivity index (χ2v) is 6.69. The van der Waals surface area contributed by atoms with Gasteiger partial charge in [-0.2, -0.15) is 0 Å². The molecule has 1 N–H and O–H groups in total. The Kier molecular flexibility index (Phi) is 5.71. The number of carbonyl (C=O) groups excluding carboxylic acids is 1. The van der Waals surface area contributed by atoms with Gasteiger partial charge in [0.1, 0.15) is 5.75 Å². The van der Waals surface area contributed by atoms with Crippen LogP contribution in [0, 0.1) is 10.1 Å². The molecule has 0 saturated carbocycles. The van der Waals surface area contributed by atoms with E-state index in [0.29, 0.717) is 12.3 Å². The van der Waals surface area contributed by atoms with Crippen LogP contribution in [0.4, 0.5) is 5.69 Å². The molecule has 2 aromatic carbocycles. The number of fused-ring (bicyclic) bond motifs is 1. The molecule has 1 amide bonds. The lowest BCUT2D eigenvalue weighted by atomic mass is 9.99. The number of nitrogens with zero attached hydrogens (tertiary/aromatic N) is 2. The Balaban J connectivity index is 1.64. The van der Waals surface area contributed by atoms with Gasteiger partial charge in [0.15, 0.2) is 0 Å². The van der Waals surface area contributed by atoms with Crippen LogP contribution in [0.1, 0.15) is 28.4 Å². The summed E-state index contributed by atoms with van der Waals surface area (Å²) in [5.74, 6) is -0.0579. The molecule has 0 aromatic heterocycles. The monoisotopic (exact) mass is 369 g/mol. The maximum atomic E-state index is 12.6. The predicted molar refractivity (Wildman–Crippen MR) is 102 cm³/mol. The van der Waals surface area contributed by atoms with E-state index >= 15 is 0 Å². The van der Waals surface area contributed by atoms with Crippen LogP contribution in [-0.2, 0) is 13.0 Å². The Hall–Kier alpha value is -2.93. The number of carbonyl (C=O) groups is 1. The highest BCUT2D eigenvalue weighted by atomic mass is 16.6. The number of rotatable bonds is 6. The topological polar surface area (TPSA) is 84.7 Å². The number of nitro benzene ring substituents is 1. The minimum atomic E-state index is -0.524. The number of methoxy groups -OCH3 is 1. The van der Waals surface area contributed by atoms with E-state index in [1.165, 1.54) is 36.4 Å². The Bertz CT molecular complexity index is 853. The summed E-state index contributed by atoms with van der Waals surface area (Å²) < 4.78 is 5.17. The van der Waals surface area contributed by atoms with Crippen molar-refractivity contribution in [3.8, 4) is 5.75 Å². The van der Waals surface area contributed by atoms with Crippen molar-refractivity contribution >= 4 is 11.6 Å². The number of non-ortho nitro benzene ring substituents is 1. The van der Waals surface area contributed by atoms with Crippen LogP contribution in [0.5, 0.6) is 5.75 Å². The Labute approximate surface area is 158 Å². The summed E-state index contributed by atoms with van der Waals surface area (Å²) >= 11 is 0. The zero-order valence-corrected chi connectivity index (χ0v) is 15.5. The van der Waals surface area contributed by atoms with Gasteiger partial charge >= 0.3 is 0 Å². The number of ether oxygens (including phenoxy) is 1. The first-order chi connectivity index (χ1) is 13.0. The molecule has 1 heterocycles. The van der Waals surface area contributed by atoms with Gasteiger partial charge in [0.2, 0.25) is 0 Å². The van der Waals surface area contributed by atoms with Crippen LogP contribution < -0.4 is 10.1 Å². The molecule has 2 aromatic rings. The molecule has 0 bridgehead atoms. The summed E-state index contributed by atoms with van der Waals surface area (Å²) in [4.78, 5) is 25.3. The largest absolute Gasteiger partial charge is 0.496 e. The lowest BCUT2D eigenvalue weighted by molar-refractivity contribution is -0.384. The van der Waals surface area contributed by atoms with E-state index in [9.17, 15) is 14.9 Å². The molecule has 1 aliphatic rings. The zero-order chi connectivity index (χ0) is 19.4. The Morgan fingerprint density at radius 3 is 2.74 bits per heavy atom. The van der Waals surface area contributed by atoms with Gasteiger partial charge in [-0.25, -0.2) is 0 Å². The number of nitrogens with one attached hydrogen (secondary N) is 1. The molecular formula is C20H23N3O4. The van der Waals surface area contributed by atoms with E-state index in [2.05, 4.69) is 35.3 Å². The summed E-state index contributed by atoms with van der Waals surface area (Å²) in [6.45, 7) is 4.31. The zero-order valence-electron chi connectivity index (χ0n) is 15.5. The fourth-order valence-electron chi connectivity index (χ4n) is 3.35. The number of hydrogen-bond acceptors (Lipinski definition) is 5. The third-order valence-corrected chi connectivity index (χ3v) is 4.98. The lowest BCUT2D eigenvalue weighted by Gasteiger charge is -2.33. The summed E-state index contributed by atoms with van der Waals surface area (Å²) in [7, 11) is 1.44. The molecular weight excluding hydrogens is 346 g/mol. The predicted octanol–water partition coefficient (Wildman–Crippen LogP) is 2.78. The van der Waals surface area contributed by atoms with Gasteiger partial charge in [0, 0.05) is 37.8 Å². The highest BCUT2D eigenvalue weighted by Crippen LogP contribution is 2.24. The van der Waals surface area contributed by atoms with Crippen LogP contribution in [0.15, 0.2) is 42.5 Å². The van der Waals surface area contributed by atoms with Gasteiger partial charge in [0.05, 0.1) is 17.6 Å². The molecule has 1 unspecified atom stereocenters. The van der Waals surface area contributed by atoms with Crippen LogP contribution in [0.3, 0.4) is 0 Å². The standard InChI is InChI=1S/C20H23N3O4/c1-14(22-10-9-15-5-3-4-6-16(15)13-22)12-21-20(24)18-11-17(23(25)26)7-8-19(18)27-2/h3-8,11,14H,9-10,12-13H2,1-2H3,(H,21,24). The summed E-state index contributed by atoms with van der Waals surface area (Å²) in [5.41, 5.74) is 2.73. The average molecular weight is 369 g/mol. The highest BCUT2D eigenvalue weighted by Gasteiger charge is 2.22. The van der Waals surface area contributed by atoms with Crippen molar-refractivity contribution in [1.82, 2.24) is 10.2 Å². The SMILES string of the molecule is COc1ccc([N+](=O)[O-])cc1C(=O)NCC(C)N1CCc2ccccc2C1. The molecule has 0 saturated heterocycles. The molecule has 27 heavy (non-hydrogen) atoms. The quantitative estimate of drug-likeness (QED) is 0.625. The number of benzene rings is 2. The van der Waals surface area contributed by atoms with Crippen LogP contribution in [-0.4, -0.2) is 42.0 Å². The van der Waals surface area contributed by atoms with Gasteiger partial charge in [-0.15, -0.1) is 0 Å². The van der Waals surface area contributed by atoms with Crippen molar-refractivity contribution in [3.05, 3.63) is 69.3 Å².